The van der Waals surface area contributed by atoms with Crippen molar-refractivity contribution in [3.8, 4) is 0 Å². The molecular formula is C22H33N. The third-order valence-electron chi connectivity index (χ3n) is 4.50. The van der Waals surface area contributed by atoms with Gasteiger partial charge in [0.2, 0.25) is 0 Å². The van der Waals surface area contributed by atoms with Crippen molar-refractivity contribution >= 4 is 0 Å². The van der Waals surface area contributed by atoms with E-state index in [9.17, 15) is 0 Å². The molecule has 0 radical (unpaired) electrons. The summed E-state index contributed by atoms with van der Waals surface area (Å²) in [4.78, 5) is 2.40. The Bertz CT molecular complexity index is 547. The normalized spacial score (nSPS) is 18.7. The second-order valence-corrected chi connectivity index (χ2v) is 6.44. The Hall–Kier alpha value is -1.76. The van der Waals surface area contributed by atoms with Crippen LogP contribution < -0.4 is 0 Å². The Morgan fingerprint density at radius 2 is 1.52 bits per heavy atom. The Labute approximate surface area is 143 Å². The number of rotatable bonds is 6. The van der Waals surface area contributed by atoms with Crippen molar-refractivity contribution in [1.29, 1.82) is 0 Å². The zero-order chi connectivity index (χ0) is 17.2. The van der Waals surface area contributed by atoms with Crippen LogP contribution in [0.25, 0.3) is 0 Å². The molecule has 0 aromatic heterocycles. The molecule has 0 unspecified atom stereocenters. The summed E-state index contributed by atoms with van der Waals surface area (Å²) in [5.74, 6) is 0. The van der Waals surface area contributed by atoms with Crippen LogP contribution >= 0.6 is 0 Å². The van der Waals surface area contributed by atoms with E-state index in [1.54, 1.807) is 0 Å². The first-order valence-electron chi connectivity index (χ1n) is 8.73. The van der Waals surface area contributed by atoms with Crippen LogP contribution in [0.1, 0.15) is 53.9 Å². The average molecular weight is 312 g/mol. The third kappa shape index (κ3) is 6.90. The standard InChI is InChI=1S/C22H33N/c1-7-11-18(2)12-13-19(3)22(6)20(4)14-15-21(5)23-16-9-8-10-17-23/h7,11-15H,5,8-10,16-17H2,1-4,6H3/b11-7-,15-14-,18-12-,19-13+,22-20-. The van der Waals surface area contributed by atoms with Crippen LogP contribution in [0.15, 0.2) is 71.0 Å². The summed E-state index contributed by atoms with van der Waals surface area (Å²) in [5, 5.41) is 0. The minimum Gasteiger partial charge on any atom is -0.372 e. The van der Waals surface area contributed by atoms with Gasteiger partial charge in [-0.15, -0.1) is 0 Å². The highest BCUT2D eigenvalue weighted by Crippen LogP contribution is 2.18. The van der Waals surface area contributed by atoms with Gasteiger partial charge in [0.1, 0.15) is 0 Å². The quantitative estimate of drug-likeness (QED) is 0.517. The van der Waals surface area contributed by atoms with Gasteiger partial charge in [0.25, 0.3) is 0 Å². The molecule has 126 valence electrons. The molecule has 23 heavy (non-hydrogen) atoms. The highest BCUT2D eigenvalue weighted by Gasteiger charge is 2.09. The van der Waals surface area contributed by atoms with Crippen molar-refractivity contribution in [3.63, 3.8) is 0 Å². The molecule has 0 aromatic carbocycles. The molecule has 0 atom stereocenters. The molecule has 1 rings (SSSR count). The lowest BCUT2D eigenvalue weighted by molar-refractivity contribution is 0.294. The van der Waals surface area contributed by atoms with Gasteiger partial charge in [-0.25, -0.2) is 0 Å². The van der Waals surface area contributed by atoms with Crippen LogP contribution in [0.3, 0.4) is 0 Å². The fourth-order valence-electron chi connectivity index (χ4n) is 2.64. The van der Waals surface area contributed by atoms with Crippen molar-refractivity contribution in [2.24, 2.45) is 0 Å². The zero-order valence-corrected chi connectivity index (χ0v) is 15.7. The maximum atomic E-state index is 4.22. The number of piperidine rings is 1. The highest BCUT2D eigenvalue weighted by atomic mass is 15.1. The molecule has 0 aromatic rings. The summed E-state index contributed by atoms with van der Waals surface area (Å²) in [6, 6.07) is 0. The molecule has 0 spiro atoms. The van der Waals surface area contributed by atoms with E-state index in [4.69, 9.17) is 0 Å². The molecule has 1 aliphatic heterocycles. The van der Waals surface area contributed by atoms with Crippen molar-refractivity contribution < 1.29 is 0 Å². The largest absolute Gasteiger partial charge is 0.372 e. The Morgan fingerprint density at radius 1 is 0.870 bits per heavy atom. The topological polar surface area (TPSA) is 3.24 Å². The van der Waals surface area contributed by atoms with Gasteiger partial charge < -0.3 is 4.90 Å². The summed E-state index contributed by atoms with van der Waals surface area (Å²) in [7, 11) is 0. The minimum atomic E-state index is 1.14. The van der Waals surface area contributed by atoms with E-state index in [0.29, 0.717) is 0 Å². The fourth-order valence-corrected chi connectivity index (χ4v) is 2.64. The first kappa shape index (κ1) is 19.3. The van der Waals surface area contributed by atoms with E-state index >= 15 is 0 Å². The van der Waals surface area contributed by atoms with E-state index in [0.717, 1.165) is 18.8 Å². The van der Waals surface area contributed by atoms with E-state index in [1.807, 2.05) is 6.92 Å². The Kier molecular flexibility index (Phi) is 8.47. The van der Waals surface area contributed by atoms with E-state index in [-0.39, 0.29) is 0 Å². The molecule has 1 heterocycles. The lowest BCUT2D eigenvalue weighted by atomic mass is 10.0. The number of nitrogens with zero attached hydrogens (tertiary/aromatic N) is 1. The van der Waals surface area contributed by atoms with Crippen molar-refractivity contribution in [2.75, 3.05) is 13.1 Å². The summed E-state index contributed by atoms with van der Waals surface area (Å²) in [6.07, 6.45) is 16.9. The van der Waals surface area contributed by atoms with E-state index in [2.05, 4.69) is 75.6 Å². The van der Waals surface area contributed by atoms with Gasteiger partial charge in [-0.05, 0) is 76.7 Å². The zero-order valence-electron chi connectivity index (χ0n) is 15.7. The van der Waals surface area contributed by atoms with Crippen LogP contribution in [0.2, 0.25) is 0 Å². The minimum absolute atomic E-state index is 1.14. The second-order valence-electron chi connectivity index (χ2n) is 6.44. The number of hydrogen-bond acceptors (Lipinski definition) is 1. The fraction of sp³-hybridized carbons (Fsp3) is 0.455. The van der Waals surface area contributed by atoms with Crippen LogP contribution in [0.4, 0.5) is 0 Å². The lowest BCUT2D eigenvalue weighted by Gasteiger charge is -2.29. The average Bonchev–Trinajstić information content (AvgIpc) is 2.57. The number of likely N-dealkylation sites (tertiary alicyclic amines) is 1. The predicted molar refractivity (Wildman–Crippen MR) is 104 cm³/mol. The molecule has 1 fully saturated rings. The van der Waals surface area contributed by atoms with Crippen LogP contribution in [0, 0.1) is 0 Å². The highest BCUT2D eigenvalue weighted by molar-refractivity contribution is 5.40. The molecule has 0 bridgehead atoms. The summed E-state index contributed by atoms with van der Waals surface area (Å²) in [6.45, 7) is 17.2. The van der Waals surface area contributed by atoms with E-state index in [1.165, 1.54) is 41.6 Å². The maximum absolute atomic E-state index is 4.22. The lowest BCUT2D eigenvalue weighted by Crippen LogP contribution is -2.27. The molecular weight excluding hydrogens is 278 g/mol. The van der Waals surface area contributed by atoms with Crippen LogP contribution in [0.5, 0.6) is 0 Å². The van der Waals surface area contributed by atoms with Gasteiger partial charge in [0.15, 0.2) is 0 Å². The molecule has 0 N–H and O–H groups in total. The van der Waals surface area contributed by atoms with Gasteiger partial charge in [-0.3, -0.25) is 0 Å². The van der Waals surface area contributed by atoms with Crippen molar-refractivity contribution in [1.82, 2.24) is 4.90 Å². The van der Waals surface area contributed by atoms with Gasteiger partial charge >= 0.3 is 0 Å². The summed E-state index contributed by atoms with van der Waals surface area (Å²) >= 11 is 0. The molecule has 1 aliphatic rings. The van der Waals surface area contributed by atoms with Gasteiger partial charge in [-0.1, -0.05) is 42.5 Å². The first-order valence-corrected chi connectivity index (χ1v) is 8.73. The first-order chi connectivity index (χ1) is 11.0. The molecule has 0 saturated carbocycles. The Balaban J connectivity index is 2.75. The van der Waals surface area contributed by atoms with Gasteiger partial charge in [-0.2, -0.15) is 0 Å². The molecule has 1 heteroatoms. The summed E-state index contributed by atoms with van der Waals surface area (Å²) in [5.41, 5.74) is 6.35. The van der Waals surface area contributed by atoms with Gasteiger partial charge in [0, 0.05) is 18.8 Å². The van der Waals surface area contributed by atoms with E-state index < -0.39 is 0 Å². The van der Waals surface area contributed by atoms with Crippen LogP contribution in [-0.4, -0.2) is 18.0 Å². The third-order valence-corrected chi connectivity index (χ3v) is 4.50. The molecule has 1 nitrogen and oxygen atoms in total. The maximum Gasteiger partial charge on any atom is 0.0293 e. The molecule has 1 saturated heterocycles. The number of allylic oxidation sites excluding steroid dienone is 10. The predicted octanol–water partition coefficient (Wildman–Crippen LogP) is 6.35. The van der Waals surface area contributed by atoms with Crippen LogP contribution in [-0.2, 0) is 0 Å². The second kappa shape index (κ2) is 10.1. The molecule has 0 aliphatic carbocycles. The molecule has 0 amide bonds. The summed E-state index contributed by atoms with van der Waals surface area (Å²) < 4.78 is 0. The van der Waals surface area contributed by atoms with Gasteiger partial charge in [0.05, 0.1) is 0 Å². The SMILES string of the molecule is C=C(\C=C/C(C)=C(C)\C(C)=C\C=C(C)/C=C\C)N1CCCCC1. The van der Waals surface area contributed by atoms with Crippen molar-refractivity contribution in [2.45, 2.75) is 53.9 Å². The van der Waals surface area contributed by atoms with Crippen molar-refractivity contribution in [3.05, 3.63) is 71.0 Å². The Morgan fingerprint density at radius 3 is 2.13 bits per heavy atom. The number of hydrogen-bond donors (Lipinski definition) is 0. The monoisotopic (exact) mass is 311 g/mol. The smallest absolute Gasteiger partial charge is 0.0293 e.